The van der Waals surface area contributed by atoms with E-state index in [1.165, 1.54) is 12.8 Å². The highest BCUT2D eigenvalue weighted by atomic mass is 16.2. The van der Waals surface area contributed by atoms with Gasteiger partial charge in [0.25, 0.3) is 0 Å². The second-order valence-corrected chi connectivity index (χ2v) is 5.43. The highest BCUT2D eigenvalue weighted by Crippen LogP contribution is 2.28. The number of amides is 1. The van der Waals surface area contributed by atoms with Crippen LogP contribution in [0.1, 0.15) is 18.4 Å². The van der Waals surface area contributed by atoms with E-state index in [1.807, 2.05) is 41.1 Å². The summed E-state index contributed by atoms with van der Waals surface area (Å²) < 4.78 is 0. The van der Waals surface area contributed by atoms with Crippen LogP contribution >= 0.6 is 0 Å². The van der Waals surface area contributed by atoms with E-state index in [9.17, 15) is 4.79 Å². The van der Waals surface area contributed by atoms with Gasteiger partial charge in [0, 0.05) is 25.3 Å². The van der Waals surface area contributed by atoms with Gasteiger partial charge >= 0.3 is 0 Å². The van der Waals surface area contributed by atoms with Gasteiger partial charge in [0.1, 0.15) is 0 Å². The quantitative estimate of drug-likeness (QED) is 0.656. The number of nitrogens with two attached hydrogens (primary N) is 1. The summed E-state index contributed by atoms with van der Waals surface area (Å²) >= 11 is 0. The molecule has 3 rings (SSSR count). The highest BCUT2D eigenvalue weighted by Gasteiger charge is 2.28. The second-order valence-electron chi connectivity index (χ2n) is 5.43. The standard InChI is InChI=1S/C15H20N4O/c1-18(12-6-7-12)15(16)17-8-9-19-13-5-3-2-4-11(13)10-14(19)20/h2-5,12H,6-10H2,1H3,(H2,16,17). The number of para-hydroxylation sites is 1. The molecule has 0 bridgehead atoms. The lowest BCUT2D eigenvalue weighted by Gasteiger charge is -2.19. The minimum Gasteiger partial charge on any atom is -0.370 e. The van der Waals surface area contributed by atoms with Crippen LogP contribution in [0.3, 0.4) is 0 Å². The molecule has 1 fully saturated rings. The minimum atomic E-state index is 0.149. The molecule has 2 N–H and O–H groups in total. The average molecular weight is 272 g/mol. The molecule has 0 saturated heterocycles. The molecule has 0 radical (unpaired) electrons. The summed E-state index contributed by atoms with van der Waals surface area (Å²) in [7, 11) is 1.98. The van der Waals surface area contributed by atoms with Gasteiger partial charge < -0.3 is 15.5 Å². The Kier molecular flexibility index (Phi) is 3.34. The molecule has 1 aromatic rings. The van der Waals surface area contributed by atoms with Gasteiger partial charge in [-0.15, -0.1) is 0 Å². The molecule has 20 heavy (non-hydrogen) atoms. The third kappa shape index (κ3) is 2.48. The number of rotatable bonds is 4. The van der Waals surface area contributed by atoms with Crippen LogP contribution in [0.4, 0.5) is 5.69 Å². The molecule has 106 valence electrons. The lowest BCUT2D eigenvalue weighted by molar-refractivity contribution is -0.117. The zero-order valence-corrected chi connectivity index (χ0v) is 11.7. The van der Waals surface area contributed by atoms with Crippen molar-refractivity contribution in [3.8, 4) is 0 Å². The molecule has 0 aromatic heterocycles. The van der Waals surface area contributed by atoms with Crippen LogP contribution < -0.4 is 10.6 Å². The first-order valence-corrected chi connectivity index (χ1v) is 7.08. The van der Waals surface area contributed by atoms with Crippen molar-refractivity contribution in [2.24, 2.45) is 10.7 Å². The lowest BCUT2D eigenvalue weighted by atomic mass is 10.2. The van der Waals surface area contributed by atoms with Crippen molar-refractivity contribution < 1.29 is 4.79 Å². The van der Waals surface area contributed by atoms with Gasteiger partial charge in [0.2, 0.25) is 5.91 Å². The van der Waals surface area contributed by atoms with Crippen LogP contribution in [-0.4, -0.2) is 42.9 Å². The van der Waals surface area contributed by atoms with E-state index >= 15 is 0 Å². The van der Waals surface area contributed by atoms with Crippen molar-refractivity contribution in [2.45, 2.75) is 25.3 Å². The predicted molar refractivity (Wildman–Crippen MR) is 79.8 cm³/mol. The Balaban J connectivity index is 1.61. The molecule has 5 nitrogen and oxygen atoms in total. The van der Waals surface area contributed by atoms with Gasteiger partial charge in [-0.2, -0.15) is 0 Å². The fourth-order valence-corrected chi connectivity index (χ4v) is 2.59. The van der Waals surface area contributed by atoms with Crippen LogP contribution in [0, 0.1) is 0 Å². The Morgan fingerprint density at radius 2 is 2.20 bits per heavy atom. The van der Waals surface area contributed by atoms with Crippen molar-refractivity contribution >= 4 is 17.6 Å². The molecule has 1 heterocycles. The topological polar surface area (TPSA) is 61.9 Å². The number of hydrogen-bond donors (Lipinski definition) is 1. The summed E-state index contributed by atoms with van der Waals surface area (Å²) in [6.45, 7) is 1.14. The largest absolute Gasteiger partial charge is 0.370 e. The second kappa shape index (κ2) is 5.15. The summed E-state index contributed by atoms with van der Waals surface area (Å²) in [4.78, 5) is 20.2. The van der Waals surface area contributed by atoms with Gasteiger partial charge in [-0.05, 0) is 24.5 Å². The molecule has 0 spiro atoms. The molecule has 0 unspecified atom stereocenters. The zero-order chi connectivity index (χ0) is 14.1. The molecule has 1 saturated carbocycles. The summed E-state index contributed by atoms with van der Waals surface area (Å²) in [5, 5.41) is 0. The number of carbonyl (C=O) groups excluding carboxylic acids is 1. The molecular formula is C15H20N4O. The Bertz CT molecular complexity index is 551. The van der Waals surface area contributed by atoms with E-state index in [2.05, 4.69) is 4.99 Å². The minimum absolute atomic E-state index is 0.149. The summed E-state index contributed by atoms with van der Waals surface area (Å²) in [5.41, 5.74) is 8.06. The highest BCUT2D eigenvalue weighted by molar-refractivity contribution is 6.01. The molecule has 1 aromatic carbocycles. The number of carbonyl (C=O) groups is 1. The third-order valence-corrected chi connectivity index (χ3v) is 3.98. The van der Waals surface area contributed by atoms with Crippen LogP contribution in [0.5, 0.6) is 0 Å². The summed E-state index contributed by atoms with van der Waals surface area (Å²) in [6.07, 6.45) is 2.90. The van der Waals surface area contributed by atoms with Crippen molar-refractivity contribution in [2.75, 3.05) is 25.0 Å². The number of nitrogens with zero attached hydrogens (tertiary/aromatic N) is 3. The van der Waals surface area contributed by atoms with Crippen molar-refractivity contribution in [3.63, 3.8) is 0 Å². The Hall–Kier alpha value is -2.04. The fourth-order valence-electron chi connectivity index (χ4n) is 2.59. The molecule has 1 amide bonds. The number of benzene rings is 1. The maximum Gasteiger partial charge on any atom is 0.231 e. The Morgan fingerprint density at radius 1 is 1.45 bits per heavy atom. The fraction of sp³-hybridized carbons (Fsp3) is 0.467. The zero-order valence-electron chi connectivity index (χ0n) is 11.7. The van der Waals surface area contributed by atoms with E-state index < -0.39 is 0 Å². The van der Waals surface area contributed by atoms with Gasteiger partial charge in [-0.25, -0.2) is 0 Å². The molecule has 2 aliphatic rings. The van der Waals surface area contributed by atoms with E-state index in [-0.39, 0.29) is 5.91 Å². The Labute approximate surface area is 119 Å². The number of hydrogen-bond acceptors (Lipinski definition) is 2. The summed E-state index contributed by atoms with van der Waals surface area (Å²) in [5.74, 6) is 0.725. The van der Waals surface area contributed by atoms with Crippen LogP contribution in [-0.2, 0) is 11.2 Å². The van der Waals surface area contributed by atoms with Crippen LogP contribution in [0.25, 0.3) is 0 Å². The summed E-state index contributed by atoms with van der Waals surface area (Å²) in [6, 6.07) is 8.49. The first-order valence-electron chi connectivity index (χ1n) is 7.08. The van der Waals surface area contributed by atoms with Gasteiger partial charge in [0.15, 0.2) is 5.96 Å². The van der Waals surface area contributed by atoms with E-state index in [0.29, 0.717) is 31.5 Å². The average Bonchev–Trinajstić information content (AvgIpc) is 3.23. The Morgan fingerprint density at radius 3 is 2.95 bits per heavy atom. The molecular weight excluding hydrogens is 252 g/mol. The van der Waals surface area contributed by atoms with Gasteiger partial charge in [0.05, 0.1) is 13.0 Å². The maximum absolute atomic E-state index is 12.0. The number of fused-ring (bicyclic) bond motifs is 1. The monoisotopic (exact) mass is 272 g/mol. The third-order valence-electron chi connectivity index (χ3n) is 3.98. The molecule has 1 aliphatic carbocycles. The maximum atomic E-state index is 12.0. The van der Waals surface area contributed by atoms with Crippen LogP contribution in [0.2, 0.25) is 0 Å². The normalized spacial score (nSPS) is 18.4. The van der Waals surface area contributed by atoms with Crippen molar-refractivity contribution in [1.29, 1.82) is 0 Å². The SMILES string of the molecule is CN(C(N)=NCCN1C(=O)Cc2ccccc21)C1CC1. The smallest absolute Gasteiger partial charge is 0.231 e. The number of guanidine groups is 1. The number of aliphatic imine (C=N–C) groups is 1. The van der Waals surface area contributed by atoms with Gasteiger partial charge in [-0.1, -0.05) is 18.2 Å². The van der Waals surface area contributed by atoms with Crippen molar-refractivity contribution in [3.05, 3.63) is 29.8 Å². The number of anilines is 1. The van der Waals surface area contributed by atoms with Crippen LogP contribution in [0.15, 0.2) is 29.3 Å². The molecule has 0 atom stereocenters. The van der Waals surface area contributed by atoms with Gasteiger partial charge in [-0.3, -0.25) is 9.79 Å². The first-order chi connectivity index (χ1) is 9.66. The van der Waals surface area contributed by atoms with E-state index in [1.54, 1.807) is 0 Å². The first kappa shape index (κ1) is 13.0. The van der Waals surface area contributed by atoms with E-state index in [4.69, 9.17) is 5.73 Å². The molecule has 1 aliphatic heterocycles. The van der Waals surface area contributed by atoms with E-state index in [0.717, 1.165) is 11.3 Å². The lowest BCUT2D eigenvalue weighted by Crippen LogP contribution is -2.37. The van der Waals surface area contributed by atoms with Crippen molar-refractivity contribution in [1.82, 2.24) is 4.90 Å². The predicted octanol–water partition coefficient (Wildman–Crippen LogP) is 0.985. The molecule has 5 heteroatoms.